The van der Waals surface area contributed by atoms with Crippen molar-refractivity contribution in [2.24, 2.45) is 0 Å². The van der Waals surface area contributed by atoms with Crippen molar-refractivity contribution in [1.82, 2.24) is 9.97 Å². The summed E-state index contributed by atoms with van der Waals surface area (Å²) in [6, 6.07) is 7.88. The Morgan fingerprint density at radius 3 is 1.88 bits per heavy atom. The maximum Gasteiger partial charge on any atom is 0.343 e. The highest BCUT2D eigenvalue weighted by molar-refractivity contribution is 7.99. The standard InChI is InChI=1S/C27H42N4O2S/c1-3-4-5-6-7-8-9-10-11-12-13-14-15-16-21-28-26-25(31(32)33)27(30-22-29-26)34-24-19-17-23(2)18-20-24/h17-20,22H,3-16,21H2,1-2H3,(H,28,29,30). The molecule has 0 unspecified atom stereocenters. The predicted molar refractivity (Wildman–Crippen MR) is 143 cm³/mol. The first-order valence-electron chi connectivity index (χ1n) is 13.1. The molecule has 1 N–H and O–H groups in total. The summed E-state index contributed by atoms with van der Waals surface area (Å²) in [5.41, 5.74) is 1.11. The first-order valence-corrected chi connectivity index (χ1v) is 13.9. The van der Waals surface area contributed by atoms with E-state index in [1.165, 1.54) is 95.1 Å². The van der Waals surface area contributed by atoms with Crippen LogP contribution < -0.4 is 5.32 Å². The molecule has 0 fully saturated rings. The van der Waals surface area contributed by atoms with Gasteiger partial charge in [0.15, 0.2) is 5.03 Å². The van der Waals surface area contributed by atoms with Gasteiger partial charge in [0.05, 0.1) is 4.92 Å². The van der Waals surface area contributed by atoms with Crippen LogP contribution in [0.3, 0.4) is 0 Å². The van der Waals surface area contributed by atoms with Crippen LogP contribution in [0.15, 0.2) is 40.5 Å². The van der Waals surface area contributed by atoms with Crippen molar-refractivity contribution >= 4 is 23.3 Å². The van der Waals surface area contributed by atoms with Crippen LogP contribution in [0.2, 0.25) is 0 Å². The first-order chi connectivity index (χ1) is 16.6. The number of hydrogen-bond acceptors (Lipinski definition) is 6. The molecule has 34 heavy (non-hydrogen) atoms. The van der Waals surface area contributed by atoms with Gasteiger partial charge in [0, 0.05) is 11.4 Å². The second kappa shape index (κ2) is 17.3. The maximum absolute atomic E-state index is 11.7. The Kier molecular flexibility index (Phi) is 14.3. The number of unbranched alkanes of at least 4 members (excludes halogenated alkanes) is 13. The molecule has 1 heterocycles. The van der Waals surface area contributed by atoms with Gasteiger partial charge < -0.3 is 5.32 Å². The van der Waals surface area contributed by atoms with Crippen LogP contribution in [-0.2, 0) is 0 Å². The highest BCUT2D eigenvalue weighted by Gasteiger charge is 2.23. The van der Waals surface area contributed by atoms with E-state index in [-0.39, 0.29) is 10.6 Å². The molecule has 0 aliphatic carbocycles. The van der Waals surface area contributed by atoms with Gasteiger partial charge >= 0.3 is 5.69 Å². The van der Waals surface area contributed by atoms with E-state index in [2.05, 4.69) is 22.2 Å². The quantitative estimate of drug-likeness (QED) is 0.0925. The zero-order valence-corrected chi connectivity index (χ0v) is 21.9. The third-order valence-electron chi connectivity index (χ3n) is 6.03. The fourth-order valence-corrected chi connectivity index (χ4v) is 4.84. The molecule has 0 amide bonds. The van der Waals surface area contributed by atoms with Crippen molar-refractivity contribution in [3.63, 3.8) is 0 Å². The van der Waals surface area contributed by atoms with E-state index in [0.29, 0.717) is 17.4 Å². The Balaban J connectivity index is 1.61. The zero-order chi connectivity index (χ0) is 24.4. The fourth-order valence-electron chi connectivity index (χ4n) is 3.98. The van der Waals surface area contributed by atoms with Crippen molar-refractivity contribution in [3.8, 4) is 0 Å². The summed E-state index contributed by atoms with van der Waals surface area (Å²) >= 11 is 1.30. The number of hydrogen-bond donors (Lipinski definition) is 1. The minimum atomic E-state index is -0.385. The Bertz CT molecular complexity index is 830. The molecule has 7 heteroatoms. The molecule has 0 aliphatic rings. The molecule has 188 valence electrons. The minimum absolute atomic E-state index is 0.0431. The Morgan fingerprint density at radius 1 is 0.824 bits per heavy atom. The van der Waals surface area contributed by atoms with E-state index < -0.39 is 0 Å². The van der Waals surface area contributed by atoms with Crippen molar-refractivity contribution in [1.29, 1.82) is 0 Å². The van der Waals surface area contributed by atoms with Crippen LogP contribution in [0, 0.1) is 17.0 Å². The van der Waals surface area contributed by atoms with Crippen molar-refractivity contribution in [2.45, 2.75) is 114 Å². The minimum Gasteiger partial charge on any atom is -0.364 e. The highest BCUT2D eigenvalue weighted by Crippen LogP contribution is 2.36. The van der Waals surface area contributed by atoms with Gasteiger partial charge in [-0.15, -0.1) is 0 Å². The number of benzene rings is 1. The number of nitrogens with one attached hydrogen (secondary N) is 1. The monoisotopic (exact) mass is 486 g/mol. The Labute approximate surface area is 209 Å². The fraction of sp³-hybridized carbons (Fsp3) is 0.630. The molecule has 1 aromatic carbocycles. The second-order valence-electron chi connectivity index (χ2n) is 9.07. The van der Waals surface area contributed by atoms with Gasteiger partial charge in [0.2, 0.25) is 5.82 Å². The summed E-state index contributed by atoms with van der Waals surface area (Å²) in [6.07, 6.45) is 19.8. The molecule has 0 radical (unpaired) electrons. The van der Waals surface area contributed by atoms with Gasteiger partial charge in [-0.2, -0.15) is 0 Å². The highest BCUT2D eigenvalue weighted by atomic mass is 32.2. The molecule has 1 aromatic heterocycles. The molecule has 0 spiro atoms. The summed E-state index contributed by atoms with van der Waals surface area (Å²) < 4.78 is 0. The average Bonchev–Trinajstić information content (AvgIpc) is 2.83. The van der Waals surface area contributed by atoms with Gasteiger partial charge in [-0.25, -0.2) is 9.97 Å². The lowest BCUT2D eigenvalue weighted by atomic mass is 10.0. The smallest absolute Gasteiger partial charge is 0.343 e. The Hall–Kier alpha value is -2.15. The number of anilines is 1. The van der Waals surface area contributed by atoms with Gasteiger partial charge in [-0.3, -0.25) is 10.1 Å². The first kappa shape index (κ1) is 28.1. The number of rotatable bonds is 19. The molecular formula is C27H42N4O2S. The van der Waals surface area contributed by atoms with E-state index in [1.54, 1.807) is 0 Å². The molecule has 0 aliphatic heterocycles. The molecular weight excluding hydrogens is 444 g/mol. The molecule has 0 bridgehead atoms. The molecule has 2 rings (SSSR count). The summed E-state index contributed by atoms with van der Waals surface area (Å²) in [6.45, 7) is 4.97. The van der Waals surface area contributed by atoms with Crippen molar-refractivity contribution < 1.29 is 4.92 Å². The van der Waals surface area contributed by atoms with Gasteiger partial charge in [0.25, 0.3) is 0 Å². The lowest BCUT2D eigenvalue weighted by molar-refractivity contribution is -0.387. The number of nitrogens with zero attached hydrogens (tertiary/aromatic N) is 3. The van der Waals surface area contributed by atoms with Crippen LogP contribution in [-0.4, -0.2) is 21.4 Å². The van der Waals surface area contributed by atoms with E-state index in [1.807, 2.05) is 31.2 Å². The van der Waals surface area contributed by atoms with E-state index >= 15 is 0 Å². The molecule has 0 saturated carbocycles. The normalized spacial score (nSPS) is 11.0. The van der Waals surface area contributed by atoms with E-state index in [9.17, 15) is 10.1 Å². The average molecular weight is 487 g/mol. The summed E-state index contributed by atoms with van der Waals surface area (Å²) in [5.74, 6) is 0.310. The van der Waals surface area contributed by atoms with Crippen LogP contribution >= 0.6 is 11.8 Å². The summed E-state index contributed by atoms with van der Waals surface area (Å²) in [7, 11) is 0. The van der Waals surface area contributed by atoms with E-state index in [0.717, 1.165) is 23.3 Å². The van der Waals surface area contributed by atoms with Crippen LogP contribution in [0.4, 0.5) is 11.5 Å². The summed E-state index contributed by atoms with van der Waals surface area (Å²) in [4.78, 5) is 20.6. The van der Waals surface area contributed by atoms with E-state index in [4.69, 9.17) is 0 Å². The number of nitro groups is 1. The predicted octanol–water partition coefficient (Wildman–Crippen LogP) is 8.74. The third-order valence-corrected chi connectivity index (χ3v) is 7.03. The topological polar surface area (TPSA) is 81.0 Å². The number of aromatic nitrogens is 2. The zero-order valence-electron chi connectivity index (χ0n) is 21.1. The number of aryl methyl sites for hydroxylation is 1. The van der Waals surface area contributed by atoms with Crippen LogP contribution in [0.1, 0.15) is 102 Å². The second-order valence-corrected chi connectivity index (χ2v) is 10.1. The molecule has 0 saturated heterocycles. The van der Waals surface area contributed by atoms with Crippen molar-refractivity contribution in [2.75, 3.05) is 11.9 Å². The maximum atomic E-state index is 11.7. The largest absolute Gasteiger partial charge is 0.364 e. The van der Waals surface area contributed by atoms with Gasteiger partial charge in [-0.1, -0.05) is 120 Å². The van der Waals surface area contributed by atoms with Crippen LogP contribution in [0.5, 0.6) is 0 Å². The lowest BCUT2D eigenvalue weighted by Gasteiger charge is -2.08. The third kappa shape index (κ3) is 11.3. The van der Waals surface area contributed by atoms with Crippen molar-refractivity contribution in [3.05, 3.63) is 46.3 Å². The molecule has 2 aromatic rings. The lowest BCUT2D eigenvalue weighted by Crippen LogP contribution is -2.08. The SMILES string of the molecule is CCCCCCCCCCCCCCCCNc1ncnc(Sc2ccc(C)cc2)c1[N+](=O)[O-]. The van der Waals surface area contributed by atoms with Gasteiger partial charge in [-0.05, 0) is 25.5 Å². The Morgan fingerprint density at radius 2 is 1.35 bits per heavy atom. The van der Waals surface area contributed by atoms with Crippen LogP contribution in [0.25, 0.3) is 0 Å². The molecule has 6 nitrogen and oxygen atoms in total. The summed E-state index contributed by atoms with van der Waals surface area (Å²) in [5, 5.41) is 15.3. The van der Waals surface area contributed by atoms with Gasteiger partial charge in [0.1, 0.15) is 6.33 Å². The molecule has 0 atom stereocenters.